The van der Waals surface area contributed by atoms with Crippen LogP contribution in [0, 0.1) is 0 Å². The van der Waals surface area contributed by atoms with E-state index < -0.39 is 0 Å². The third-order valence-corrected chi connectivity index (χ3v) is 6.17. The van der Waals surface area contributed by atoms with Crippen molar-refractivity contribution in [1.29, 1.82) is 0 Å². The Hall–Kier alpha value is -2.63. The molecule has 0 spiro atoms. The van der Waals surface area contributed by atoms with Gasteiger partial charge in [-0.1, -0.05) is 18.6 Å². The highest BCUT2D eigenvalue weighted by Crippen LogP contribution is 2.35. The molecule has 2 aromatic carbocycles. The molecule has 1 fully saturated rings. The Labute approximate surface area is 168 Å². The van der Waals surface area contributed by atoms with Gasteiger partial charge in [0.25, 0.3) is 0 Å². The topological polar surface area (TPSA) is 41.1 Å². The molecule has 142 valence electrons. The number of hydrogen-bond acceptors (Lipinski definition) is 4. The maximum atomic E-state index is 6.24. The third kappa shape index (κ3) is 3.55. The van der Waals surface area contributed by atoms with Crippen LogP contribution in [-0.4, -0.2) is 28.0 Å². The molecule has 0 radical (unpaired) electrons. The van der Waals surface area contributed by atoms with Crippen LogP contribution >= 0.6 is 11.3 Å². The van der Waals surface area contributed by atoms with Gasteiger partial charge in [-0.05, 0) is 55.8 Å². The SMILES string of the molecule is c1ccc(-c2nccs2)c(Oc2ccc3c(CN4CCCCC4)c[nH]c3c2)c1. The largest absolute Gasteiger partial charge is 0.457 e. The maximum Gasteiger partial charge on any atom is 0.137 e. The summed E-state index contributed by atoms with van der Waals surface area (Å²) in [5, 5.41) is 4.24. The van der Waals surface area contributed by atoms with Crippen LogP contribution in [0.15, 0.2) is 60.2 Å². The van der Waals surface area contributed by atoms with Crippen molar-refractivity contribution in [3.63, 3.8) is 0 Å². The van der Waals surface area contributed by atoms with Crippen LogP contribution in [0.2, 0.25) is 0 Å². The Morgan fingerprint density at radius 1 is 1.07 bits per heavy atom. The zero-order valence-corrected chi connectivity index (χ0v) is 16.5. The van der Waals surface area contributed by atoms with E-state index in [9.17, 15) is 0 Å². The summed E-state index contributed by atoms with van der Waals surface area (Å²) in [6, 6.07) is 14.4. The second kappa shape index (κ2) is 7.78. The molecule has 1 N–H and O–H groups in total. The summed E-state index contributed by atoms with van der Waals surface area (Å²) in [6.07, 6.45) is 7.98. The van der Waals surface area contributed by atoms with Crippen LogP contribution in [0.5, 0.6) is 11.5 Å². The van der Waals surface area contributed by atoms with Gasteiger partial charge < -0.3 is 9.72 Å². The number of aromatic nitrogens is 2. The van der Waals surface area contributed by atoms with Crippen molar-refractivity contribution in [2.24, 2.45) is 0 Å². The lowest BCUT2D eigenvalue weighted by Gasteiger charge is -2.26. The first-order chi connectivity index (χ1) is 13.9. The van der Waals surface area contributed by atoms with E-state index in [0.717, 1.165) is 34.1 Å². The monoisotopic (exact) mass is 389 g/mol. The van der Waals surface area contributed by atoms with Gasteiger partial charge in [-0.15, -0.1) is 11.3 Å². The Kier molecular flexibility index (Phi) is 4.85. The van der Waals surface area contributed by atoms with Gasteiger partial charge in [-0.3, -0.25) is 4.90 Å². The molecule has 0 saturated carbocycles. The fraction of sp³-hybridized carbons (Fsp3) is 0.261. The molecule has 0 aliphatic carbocycles. The Morgan fingerprint density at radius 2 is 1.96 bits per heavy atom. The number of aromatic amines is 1. The average molecular weight is 390 g/mol. The highest BCUT2D eigenvalue weighted by atomic mass is 32.1. The van der Waals surface area contributed by atoms with Crippen LogP contribution < -0.4 is 4.74 Å². The summed E-state index contributed by atoms with van der Waals surface area (Å²) in [5.74, 6) is 1.67. The summed E-state index contributed by atoms with van der Waals surface area (Å²) in [7, 11) is 0. The van der Waals surface area contributed by atoms with Crippen LogP contribution in [-0.2, 0) is 6.54 Å². The van der Waals surface area contributed by atoms with Crippen LogP contribution in [0.3, 0.4) is 0 Å². The van der Waals surface area contributed by atoms with Crippen molar-refractivity contribution in [2.45, 2.75) is 25.8 Å². The smallest absolute Gasteiger partial charge is 0.137 e. The van der Waals surface area contributed by atoms with Gasteiger partial charge in [0, 0.05) is 41.3 Å². The van der Waals surface area contributed by atoms with Crippen LogP contribution in [0.25, 0.3) is 21.5 Å². The molecule has 5 heteroatoms. The van der Waals surface area contributed by atoms with Crippen molar-refractivity contribution in [3.05, 3.63) is 65.8 Å². The standard InChI is InChI=1S/C23H23N3OS/c1-4-11-26(12-5-1)16-17-15-25-21-14-18(8-9-19(17)21)27-22-7-3-2-6-20(22)23-24-10-13-28-23/h2-3,6-10,13-15,25H,1,4-5,11-12,16H2. The number of nitrogens with zero attached hydrogens (tertiary/aromatic N) is 2. The molecule has 0 unspecified atom stereocenters. The van der Waals surface area contributed by atoms with E-state index in [1.165, 1.54) is 43.3 Å². The molecule has 1 aliphatic heterocycles. The van der Waals surface area contributed by atoms with E-state index in [2.05, 4.69) is 45.3 Å². The van der Waals surface area contributed by atoms with Gasteiger partial charge in [0.05, 0.1) is 5.56 Å². The van der Waals surface area contributed by atoms with Crippen molar-refractivity contribution in [2.75, 3.05) is 13.1 Å². The zero-order valence-electron chi connectivity index (χ0n) is 15.7. The maximum absolute atomic E-state index is 6.24. The van der Waals surface area contributed by atoms with Gasteiger partial charge in [0.1, 0.15) is 16.5 Å². The molecule has 0 bridgehead atoms. The number of fused-ring (bicyclic) bond motifs is 1. The van der Waals surface area contributed by atoms with Crippen LogP contribution in [0.4, 0.5) is 0 Å². The third-order valence-electron chi connectivity index (χ3n) is 5.36. The molecule has 4 nitrogen and oxygen atoms in total. The highest BCUT2D eigenvalue weighted by molar-refractivity contribution is 7.13. The van der Waals surface area contributed by atoms with Gasteiger partial charge in [-0.25, -0.2) is 4.98 Å². The fourth-order valence-corrected chi connectivity index (χ4v) is 4.60. The molecule has 1 saturated heterocycles. The molecule has 28 heavy (non-hydrogen) atoms. The summed E-state index contributed by atoms with van der Waals surface area (Å²) in [6.45, 7) is 3.44. The van der Waals surface area contributed by atoms with Crippen molar-refractivity contribution >= 4 is 22.2 Å². The molecule has 5 rings (SSSR count). The highest BCUT2D eigenvalue weighted by Gasteiger charge is 2.14. The predicted molar refractivity (Wildman–Crippen MR) is 115 cm³/mol. The summed E-state index contributed by atoms with van der Waals surface area (Å²) in [4.78, 5) is 10.4. The molecule has 0 amide bonds. The number of likely N-dealkylation sites (tertiary alicyclic amines) is 1. The van der Waals surface area contributed by atoms with E-state index in [0.29, 0.717) is 0 Å². The summed E-state index contributed by atoms with van der Waals surface area (Å²) >= 11 is 1.62. The van der Waals surface area contributed by atoms with E-state index in [1.807, 2.05) is 29.8 Å². The second-order valence-corrected chi connectivity index (χ2v) is 8.19. The lowest BCUT2D eigenvalue weighted by atomic mass is 10.1. The van der Waals surface area contributed by atoms with E-state index in [1.54, 1.807) is 11.3 Å². The molecule has 3 heterocycles. The van der Waals surface area contributed by atoms with E-state index in [-0.39, 0.29) is 0 Å². The minimum absolute atomic E-state index is 0.830. The fourth-order valence-electron chi connectivity index (χ4n) is 3.93. The molecule has 1 aliphatic rings. The molecule has 4 aromatic rings. The Balaban J connectivity index is 1.39. The minimum Gasteiger partial charge on any atom is -0.457 e. The lowest BCUT2D eigenvalue weighted by Crippen LogP contribution is -2.28. The van der Waals surface area contributed by atoms with E-state index in [4.69, 9.17) is 4.74 Å². The first kappa shape index (κ1) is 17.5. The predicted octanol–water partition coefficient (Wildman–Crippen LogP) is 6.07. The van der Waals surface area contributed by atoms with Gasteiger partial charge in [0.2, 0.25) is 0 Å². The number of rotatable bonds is 5. The summed E-state index contributed by atoms with van der Waals surface area (Å²) in [5.41, 5.74) is 3.51. The van der Waals surface area contributed by atoms with Crippen molar-refractivity contribution < 1.29 is 4.74 Å². The molecular weight excluding hydrogens is 366 g/mol. The number of ether oxygens (including phenoxy) is 1. The number of para-hydroxylation sites is 1. The second-order valence-electron chi connectivity index (χ2n) is 7.29. The first-order valence-electron chi connectivity index (χ1n) is 9.86. The van der Waals surface area contributed by atoms with Gasteiger partial charge >= 0.3 is 0 Å². The quantitative estimate of drug-likeness (QED) is 0.450. The number of piperidine rings is 1. The molecule has 0 atom stereocenters. The Bertz CT molecular complexity index is 1060. The van der Waals surface area contributed by atoms with Gasteiger partial charge in [-0.2, -0.15) is 0 Å². The molecule has 2 aromatic heterocycles. The zero-order chi connectivity index (χ0) is 18.8. The number of H-pyrrole nitrogens is 1. The van der Waals surface area contributed by atoms with Crippen molar-refractivity contribution in [3.8, 4) is 22.1 Å². The number of thiazole rings is 1. The summed E-state index contributed by atoms with van der Waals surface area (Å²) < 4.78 is 6.24. The number of hydrogen-bond donors (Lipinski definition) is 1. The molecular formula is C23H23N3OS. The normalized spacial score (nSPS) is 15.1. The number of nitrogens with one attached hydrogen (secondary N) is 1. The average Bonchev–Trinajstić information content (AvgIpc) is 3.40. The lowest BCUT2D eigenvalue weighted by molar-refractivity contribution is 0.221. The van der Waals surface area contributed by atoms with Crippen LogP contribution in [0.1, 0.15) is 24.8 Å². The Morgan fingerprint density at radius 3 is 2.82 bits per heavy atom. The van der Waals surface area contributed by atoms with Crippen molar-refractivity contribution in [1.82, 2.24) is 14.9 Å². The van der Waals surface area contributed by atoms with Gasteiger partial charge in [0.15, 0.2) is 0 Å². The minimum atomic E-state index is 0.830. The van der Waals surface area contributed by atoms with E-state index >= 15 is 0 Å². The number of benzene rings is 2. The first-order valence-corrected chi connectivity index (χ1v) is 10.7.